The van der Waals surface area contributed by atoms with Crippen molar-refractivity contribution in [2.75, 3.05) is 12.0 Å². The molecule has 102 valence electrons. The first kappa shape index (κ1) is 13.8. The van der Waals surface area contributed by atoms with Crippen LogP contribution in [-0.2, 0) is 9.84 Å². The highest BCUT2D eigenvalue weighted by Gasteiger charge is 2.13. The molecule has 0 aliphatic rings. The maximum Gasteiger partial charge on any atom is 0.198 e. The molecule has 0 N–H and O–H groups in total. The predicted octanol–water partition coefficient (Wildman–Crippen LogP) is 2.75. The maximum absolute atomic E-state index is 11.9. The fourth-order valence-electron chi connectivity index (χ4n) is 1.92. The van der Waals surface area contributed by atoms with Crippen LogP contribution in [0.5, 0.6) is 0 Å². The zero-order chi connectivity index (χ0) is 14.0. The van der Waals surface area contributed by atoms with Gasteiger partial charge >= 0.3 is 0 Å². The average molecular weight is 280 g/mol. The van der Waals surface area contributed by atoms with Crippen molar-refractivity contribution in [3.8, 4) is 0 Å². The number of hydrogen-bond acceptors (Lipinski definition) is 4. The van der Waals surface area contributed by atoms with Crippen LogP contribution in [-0.4, -0.2) is 26.2 Å². The Balaban J connectivity index is 2.09. The van der Waals surface area contributed by atoms with E-state index in [1.165, 1.54) is 6.26 Å². The molecule has 1 aromatic heterocycles. The molecule has 0 aliphatic heterocycles. The van der Waals surface area contributed by atoms with Crippen molar-refractivity contribution in [3.05, 3.63) is 35.6 Å². The minimum absolute atomic E-state index is 0.0259. The highest BCUT2D eigenvalue weighted by molar-refractivity contribution is 7.90. The zero-order valence-corrected chi connectivity index (χ0v) is 11.8. The lowest BCUT2D eigenvalue weighted by Gasteiger charge is -1.97. The van der Waals surface area contributed by atoms with Crippen molar-refractivity contribution in [1.82, 2.24) is 0 Å². The molecule has 0 aliphatic carbocycles. The van der Waals surface area contributed by atoms with E-state index in [1.54, 1.807) is 6.07 Å². The Labute approximate surface area is 112 Å². The number of carbonyl (C=O) groups excluding carboxylic acids is 1. The Morgan fingerprint density at radius 2 is 2.00 bits per heavy atom. The fraction of sp³-hybridized carbons (Fsp3) is 0.357. The number of furan rings is 1. The van der Waals surface area contributed by atoms with Gasteiger partial charge in [-0.3, -0.25) is 4.79 Å². The third kappa shape index (κ3) is 3.67. The Kier molecular flexibility index (Phi) is 3.75. The van der Waals surface area contributed by atoms with Gasteiger partial charge in [0.05, 0.1) is 5.75 Å². The van der Waals surface area contributed by atoms with E-state index in [1.807, 2.05) is 25.1 Å². The van der Waals surface area contributed by atoms with Gasteiger partial charge in [-0.25, -0.2) is 8.42 Å². The number of fused-ring (bicyclic) bond motifs is 1. The molecular formula is C14H16O4S. The second-order valence-electron chi connectivity index (χ2n) is 4.81. The largest absolute Gasteiger partial charge is 0.453 e. The number of carbonyl (C=O) groups is 1. The van der Waals surface area contributed by atoms with E-state index >= 15 is 0 Å². The first-order chi connectivity index (χ1) is 8.85. The van der Waals surface area contributed by atoms with E-state index in [0.29, 0.717) is 17.8 Å². The molecule has 4 nitrogen and oxygen atoms in total. The number of rotatable bonds is 5. The Morgan fingerprint density at radius 1 is 1.26 bits per heavy atom. The summed E-state index contributed by atoms with van der Waals surface area (Å²) in [6.45, 7) is 1.97. The number of sulfone groups is 1. The summed E-state index contributed by atoms with van der Waals surface area (Å²) in [5.74, 6) is 0.171. The van der Waals surface area contributed by atoms with Crippen LogP contribution in [0.1, 0.15) is 29.0 Å². The SMILES string of the molecule is Cc1ccc2oc(C(=O)CCCS(C)(=O)=O)cc2c1. The van der Waals surface area contributed by atoms with Crippen LogP contribution in [0.15, 0.2) is 28.7 Å². The Hall–Kier alpha value is -1.62. The molecular weight excluding hydrogens is 264 g/mol. The number of Topliss-reactive ketones (excluding diaryl/α,β-unsaturated/α-hetero) is 1. The Morgan fingerprint density at radius 3 is 2.68 bits per heavy atom. The molecule has 0 radical (unpaired) electrons. The lowest BCUT2D eigenvalue weighted by Crippen LogP contribution is -2.06. The molecule has 0 saturated carbocycles. The summed E-state index contributed by atoms with van der Waals surface area (Å²) in [6, 6.07) is 7.42. The van der Waals surface area contributed by atoms with Gasteiger partial charge in [0.1, 0.15) is 15.4 Å². The standard InChI is InChI=1S/C14H16O4S/c1-10-5-6-13-11(8-10)9-14(18-13)12(15)4-3-7-19(2,16)17/h5-6,8-9H,3-4,7H2,1-2H3. The van der Waals surface area contributed by atoms with Gasteiger partial charge in [-0.2, -0.15) is 0 Å². The first-order valence-electron chi connectivity index (χ1n) is 6.06. The van der Waals surface area contributed by atoms with Crippen LogP contribution < -0.4 is 0 Å². The lowest BCUT2D eigenvalue weighted by molar-refractivity contribution is 0.0957. The molecule has 0 unspecified atom stereocenters. The minimum atomic E-state index is -3.02. The van der Waals surface area contributed by atoms with Gasteiger partial charge in [-0.05, 0) is 31.5 Å². The number of hydrogen-bond donors (Lipinski definition) is 0. The van der Waals surface area contributed by atoms with Gasteiger partial charge in [0.2, 0.25) is 0 Å². The molecule has 0 spiro atoms. The molecule has 0 amide bonds. The monoisotopic (exact) mass is 280 g/mol. The summed E-state index contributed by atoms with van der Waals surface area (Å²) in [4.78, 5) is 11.9. The average Bonchev–Trinajstić information content (AvgIpc) is 2.70. The smallest absolute Gasteiger partial charge is 0.198 e. The number of benzene rings is 1. The van der Waals surface area contributed by atoms with Crippen LogP contribution >= 0.6 is 0 Å². The van der Waals surface area contributed by atoms with Gasteiger partial charge in [0, 0.05) is 18.1 Å². The first-order valence-corrected chi connectivity index (χ1v) is 8.12. The van der Waals surface area contributed by atoms with E-state index < -0.39 is 9.84 Å². The summed E-state index contributed by atoms with van der Waals surface area (Å²) in [5.41, 5.74) is 1.78. The molecule has 2 rings (SSSR count). The van der Waals surface area contributed by atoms with Crippen LogP contribution in [0.4, 0.5) is 0 Å². The Bertz CT molecular complexity index is 710. The van der Waals surface area contributed by atoms with Crippen molar-refractivity contribution >= 4 is 26.6 Å². The number of aryl methyl sites for hydroxylation is 1. The van der Waals surface area contributed by atoms with Crippen molar-refractivity contribution in [2.45, 2.75) is 19.8 Å². The van der Waals surface area contributed by atoms with E-state index in [2.05, 4.69) is 0 Å². The van der Waals surface area contributed by atoms with Gasteiger partial charge in [-0.1, -0.05) is 11.6 Å². The summed E-state index contributed by atoms with van der Waals surface area (Å²) in [7, 11) is -3.02. The second kappa shape index (κ2) is 5.17. The summed E-state index contributed by atoms with van der Waals surface area (Å²) >= 11 is 0. The van der Waals surface area contributed by atoms with Crippen molar-refractivity contribution in [1.29, 1.82) is 0 Å². The fourth-order valence-corrected chi connectivity index (χ4v) is 2.59. The second-order valence-corrected chi connectivity index (χ2v) is 7.07. The predicted molar refractivity (Wildman–Crippen MR) is 74.2 cm³/mol. The molecule has 0 bridgehead atoms. The topological polar surface area (TPSA) is 64.3 Å². The molecule has 1 aromatic carbocycles. The summed E-state index contributed by atoms with van der Waals surface area (Å²) in [5, 5.41) is 0.895. The van der Waals surface area contributed by atoms with Crippen molar-refractivity contribution in [3.63, 3.8) is 0 Å². The van der Waals surface area contributed by atoms with E-state index in [4.69, 9.17) is 4.42 Å². The van der Waals surface area contributed by atoms with Crippen molar-refractivity contribution < 1.29 is 17.6 Å². The normalized spacial score (nSPS) is 11.9. The third-order valence-electron chi connectivity index (χ3n) is 2.87. The van der Waals surface area contributed by atoms with Gasteiger partial charge in [0.15, 0.2) is 11.5 Å². The number of ketones is 1. The maximum atomic E-state index is 11.9. The van der Waals surface area contributed by atoms with Gasteiger partial charge < -0.3 is 4.42 Å². The molecule has 0 saturated heterocycles. The van der Waals surface area contributed by atoms with Gasteiger partial charge in [-0.15, -0.1) is 0 Å². The van der Waals surface area contributed by atoms with E-state index in [9.17, 15) is 13.2 Å². The molecule has 19 heavy (non-hydrogen) atoms. The molecule has 5 heteroatoms. The zero-order valence-electron chi connectivity index (χ0n) is 11.0. The van der Waals surface area contributed by atoms with Crippen LogP contribution in [0, 0.1) is 6.92 Å². The molecule has 0 atom stereocenters. The molecule has 2 aromatic rings. The van der Waals surface area contributed by atoms with Crippen LogP contribution in [0.25, 0.3) is 11.0 Å². The van der Waals surface area contributed by atoms with E-state index in [0.717, 1.165) is 10.9 Å². The van der Waals surface area contributed by atoms with E-state index in [-0.39, 0.29) is 18.0 Å². The highest BCUT2D eigenvalue weighted by atomic mass is 32.2. The van der Waals surface area contributed by atoms with Crippen LogP contribution in [0.2, 0.25) is 0 Å². The van der Waals surface area contributed by atoms with Crippen molar-refractivity contribution in [2.24, 2.45) is 0 Å². The summed E-state index contributed by atoms with van der Waals surface area (Å²) < 4.78 is 27.5. The lowest BCUT2D eigenvalue weighted by atomic mass is 10.1. The summed E-state index contributed by atoms with van der Waals surface area (Å²) in [6.07, 6.45) is 1.68. The third-order valence-corrected chi connectivity index (χ3v) is 3.90. The van der Waals surface area contributed by atoms with Gasteiger partial charge in [0.25, 0.3) is 0 Å². The molecule has 0 fully saturated rings. The van der Waals surface area contributed by atoms with Crippen LogP contribution in [0.3, 0.4) is 0 Å². The minimum Gasteiger partial charge on any atom is -0.453 e. The molecule has 1 heterocycles. The highest BCUT2D eigenvalue weighted by Crippen LogP contribution is 2.21. The quantitative estimate of drug-likeness (QED) is 0.790.